The average molecular weight is 186 g/mol. The second-order valence-corrected chi connectivity index (χ2v) is 3.03. The van der Waals surface area contributed by atoms with E-state index in [9.17, 15) is 9.59 Å². The Morgan fingerprint density at radius 3 is 2.08 bits per heavy atom. The molecule has 1 heterocycles. The molecule has 1 aliphatic heterocycles. The highest BCUT2D eigenvalue weighted by molar-refractivity contribution is 6.12. The molecule has 1 aliphatic rings. The predicted octanol–water partition coefficient (Wildman–Crippen LogP) is -1.41. The van der Waals surface area contributed by atoms with E-state index in [0.717, 1.165) is 0 Å². The van der Waals surface area contributed by atoms with Crippen LogP contribution in [-0.4, -0.2) is 36.9 Å². The molecule has 0 aromatic carbocycles. The molecule has 0 aliphatic carbocycles. The van der Waals surface area contributed by atoms with Crippen LogP contribution in [0.25, 0.3) is 0 Å². The fourth-order valence-electron chi connectivity index (χ4n) is 1.56. The highest BCUT2D eigenvalue weighted by atomic mass is 16.5. The fraction of sp³-hybridized carbons (Fsp3) is 0.750. The zero-order chi connectivity index (χ0) is 9.90. The van der Waals surface area contributed by atoms with E-state index in [0.29, 0.717) is 19.4 Å². The molecule has 0 radical (unpaired) electrons. The minimum absolute atomic E-state index is 0.175. The lowest BCUT2D eigenvalue weighted by molar-refractivity contribution is -0.150. The first-order valence-corrected chi connectivity index (χ1v) is 4.28. The minimum Gasteiger partial charge on any atom is -0.359 e. The molecule has 0 aromatic rings. The normalized spacial score (nSPS) is 20.2. The van der Waals surface area contributed by atoms with Crippen molar-refractivity contribution >= 4 is 11.6 Å². The molecule has 0 amide bonds. The lowest BCUT2D eigenvalue weighted by Crippen LogP contribution is -2.51. The number of nitrogens with two attached hydrogens (primary N) is 2. The van der Waals surface area contributed by atoms with Crippen LogP contribution < -0.4 is 11.5 Å². The Kier molecular flexibility index (Phi) is 3.13. The molecule has 1 saturated heterocycles. The predicted molar refractivity (Wildman–Crippen MR) is 46.0 cm³/mol. The maximum Gasteiger partial charge on any atom is 0.186 e. The lowest BCUT2D eigenvalue weighted by atomic mass is 9.90. The molecule has 0 saturated carbocycles. The van der Waals surface area contributed by atoms with Crippen molar-refractivity contribution in [3.63, 3.8) is 0 Å². The topological polar surface area (TPSA) is 95.4 Å². The number of carbonyl (C=O) groups excluding carboxylic acids is 2. The Morgan fingerprint density at radius 2 is 1.77 bits per heavy atom. The van der Waals surface area contributed by atoms with Gasteiger partial charge in [0.1, 0.15) is 0 Å². The average Bonchev–Trinajstić information content (AvgIpc) is 2.65. The van der Waals surface area contributed by atoms with E-state index in [-0.39, 0.29) is 24.7 Å². The molecule has 5 heteroatoms. The van der Waals surface area contributed by atoms with Crippen LogP contribution in [0.15, 0.2) is 0 Å². The number of hydrogen-bond acceptors (Lipinski definition) is 5. The van der Waals surface area contributed by atoms with Crippen LogP contribution in [0.3, 0.4) is 0 Å². The number of carbonyl (C=O) groups is 2. The van der Waals surface area contributed by atoms with E-state index in [4.69, 9.17) is 16.2 Å². The molecule has 0 atom stereocenters. The molecule has 0 spiro atoms. The van der Waals surface area contributed by atoms with Crippen LogP contribution in [0.5, 0.6) is 0 Å². The van der Waals surface area contributed by atoms with Crippen molar-refractivity contribution in [3.05, 3.63) is 0 Å². The van der Waals surface area contributed by atoms with Crippen molar-refractivity contribution in [2.45, 2.75) is 18.4 Å². The highest BCUT2D eigenvalue weighted by Crippen LogP contribution is 2.27. The van der Waals surface area contributed by atoms with Gasteiger partial charge >= 0.3 is 0 Å². The maximum atomic E-state index is 11.4. The first kappa shape index (κ1) is 10.3. The third kappa shape index (κ3) is 1.63. The summed E-state index contributed by atoms with van der Waals surface area (Å²) in [4.78, 5) is 22.8. The summed E-state index contributed by atoms with van der Waals surface area (Å²) in [5, 5.41) is 0. The van der Waals surface area contributed by atoms with E-state index in [1.54, 1.807) is 0 Å². The summed E-state index contributed by atoms with van der Waals surface area (Å²) in [6.07, 6.45) is 1.12. The van der Waals surface area contributed by atoms with Crippen molar-refractivity contribution in [2.24, 2.45) is 11.5 Å². The summed E-state index contributed by atoms with van der Waals surface area (Å²) >= 11 is 0. The fourth-order valence-corrected chi connectivity index (χ4v) is 1.56. The van der Waals surface area contributed by atoms with Gasteiger partial charge in [-0.25, -0.2) is 0 Å². The van der Waals surface area contributed by atoms with Gasteiger partial charge in [0.05, 0.1) is 13.1 Å². The molecular weight excluding hydrogens is 172 g/mol. The van der Waals surface area contributed by atoms with Crippen molar-refractivity contribution in [1.29, 1.82) is 0 Å². The van der Waals surface area contributed by atoms with Gasteiger partial charge in [-0.1, -0.05) is 0 Å². The number of rotatable bonds is 4. The molecule has 0 unspecified atom stereocenters. The molecule has 5 nitrogen and oxygen atoms in total. The Hall–Kier alpha value is -0.780. The SMILES string of the molecule is NCC(=O)C1(C(=O)CN)CCCO1. The summed E-state index contributed by atoms with van der Waals surface area (Å²) in [5.74, 6) is -0.721. The van der Waals surface area contributed by atoms with Gasteiger partial charge in [0, 0.05) is 6.61 Å². The first-order valence-electron chi connectivity index (χ1n) is 4.28. The third-order valence-electron chi connectivity index (χ3n) is 2.29. The summed E-state index contributed by atoms with van der Waals surface area (Å²) < 4.78 is 5.19. The monoisotopic (exact) mass is 186 g/mol. The van der Waals surface area contributed by atoms with Gasteiger partial charge in [-0.3, -0.25) is 9.59 Å². The van der Waals surface area contributed by atoms with Gasteiger partial charge in [-0.15, -0.1) is 0 Å². The van der Waals surface area contributed by atoms with E-state index >= 15 is 0 Å². The van der Waals surface area contributed by atoms with Gasteiger partial charge in [0.15, 0.2) is 17.2 Å². The zero-order valence-electron chi connectivity index (χ0n) is 7.41. The standard InChI is InChI=1S/C8H14N2O3/c9-4-6(11)8(7(12)5-10)2-1-3-13-8/h1-5,9-10H2. The maximum absolute atomic E-state index is 11.4. The summed E-state index contributed by atoms with van der Waals surface area (Å²) in [6.45, 7) is 0.0783. The summed E-state index contributed by atoms with van der Waals surface area (Å²) in [5.41, 5.74) is 9.10. The molecule has 0 aromatic heterocycles. The molecule has 74 valence electrons. The Morgan fingerprint density at radius 1 is 1.23 bits per heavy atom. The molecule has 13 heavy (non-hydrogen) atoms. The lowest BCUT2D eigenvalue weighted by Gasteiger charge is -2.23. The minimum atomic E-state index is -1.32. The molecule has 0 bridgehead atoms. The van der Waals surface area contributed by atoms with Gasteiger partial charge < -0.3 is 16.2 Å². The first-order chi connectivity index (χ1) is 6.17. The third-order valence-corrected chi connectivity index (χ3v) is 2.29. The Bertz CT molecular complexity index is 203. The van der Waals surface area contributed by atoms with E-state index in [1.807, 2.05) is 0 Å². The summed E-state index contributed by atoms with van der Waals surface area (Å²) in [6, 6.07) is 0. The van der Waals surface area contributed by atoms with E-state index < -0.39 is 5.60 Å². The number of Topliss-reactive ketones (excluding diaryl/α,β-unsaturated/α-hetero) is 2. The smallest absolute Gasteiger partial charge is 0.186 e. The van der Waals surface area contributed by atoms with Crippen molar-refractivity contribution in [2.75, 3.05) is 19.7 Å². The number of hydrogen-bond donors (Lipinski definition) is 2. The van der Waals surface area contributed by atoms with Crippen LogP contribution in [0.2, 0.25) is 0 Å². The van der Waals surface area contributed by atoms with E-state index in [2.05, 4.69) is 0 Å². The van der Waals surface area contributed by atoms with Gasteiger partial charge in [0.25, 0.3) is 0 Å². The van der Waals surface area contributed by atoms with Crippen LogP contribution in [0.1, 0.15) is 12.8 Å². The molecule has 1 rings (SSSR count). The van der Waals surface area contributed by atoms with Crippen LogP contribution >= 0.6 is 0 Å². The van der Waals surface area contributed by atoms with Gasteiger partial charge in [0.2, 0.25) is 0 Å². The van der Waals surface area contributed by atoms with Crippen LogP contribution in [-0.2, 0) is 14.3 Å². The number of ketones is 2. The molecule has 4 N–H and O–H groups in total. The van der Waals surface area contributed by atoms with Gasteiger partial charge in [-0.2, -0.15) is 0 Å². The quantitative estimate of drug-likeness (QED) is 0.526. The van der Waals surface area contributed by atoms with Gasteiger partial charge in [-0.05, 0) is 12.8 Å². The Labute approximate surface area is 76.4 Å². The summed E-state index contributed by atoms with van der Waals surface area (Å²) in [7, 11) is 0. The second-order valence-electron chi connectivity index (χ2n) is 3.03. The Balaban J connectivity index is 2.86. The molecule has 1 fully saturated rings. The highest BCUT2D eigenvalue weighted by Gasteiger charge is 2.47. The van der Waals surface area contributed by atoms with Crippen LogP contribution in [0, 0.1) is 0 Å². The van der Waals surface area contributed by atoms with Crippen molar-refractivity contribution in [1.82, 2.24) is 0 Å². The number of ether oxygens (including phenoxy) is 1. The van der Waals surface area contributed by atoms with Crippen LogP contribution in [0.4, 0.5) is 0 Å². The van der Waals surface area contributed by atoms with Crippen molar-refractivity contribution in [3.8, 4) is 0 Å². The largest absolute Gasteiger partial charge is 0.359 e. The van der Waals surface area contributed by atoms with Crippen molar-refractivity contribution < 1.29 is 14.3 Å². The zero-order valence-corrected chi connectivity index (χ0v) is 7.41. The molecular formula is C8H14N2O3. The van der Waals surface area contributed by atoms with E-state index in [1.165, 1.54) is 0 Å². The second kappa shape index (κ2) is 3.95.